The van der Waals surface area contributed by atoms with E-state index in [1.807, 2.05) is 13.0 Å². The first-order chi connectivity index (χ1) is 10.5. The molecule has 0 aromatic carbocycles. The Morgan fingerprint density at radius 2 is 1.77 bits per heavy atom. The summed E-state index contributed by atoms with van der Waals surface area (Å²) in [7, 11) is 0. The lowest BCUT2D eigenvalue weighted by molar-refractivity contribution is -0.155. The fourth-order valence-corrected chi connectivity index (χ4v) is 3.64. The number of ether oxygens (including phenoxy) is 2. The molecular formula is C16H18O6. The van der Waals surface area contributed by atoms with Crippen LogP contribution in [0.25, 0.3) is 0 Å². The van der Waals surface area contributed by atoms with Gasteiger partial charge in [-0.1, -0.05) is 25.0 Å². The van der Waals surface area contributed by atoms with Gasteiger partial charge < -0.3 is 9.47 Å². The van der Waals surface area contributed by atoms with Gasteiger partial charge in [-0.3, -0.25) is 19.2 Å². The Kier molecular flexibility index (Phi) is 3.85. The molecule has 2 heterocycles. The summed E-state index contributed by atoms with van der Waals surface area (Å²) in [6.45, 7) is 2.05. The minimum absolute atomic E-state index is 0.0431. The van der Waals surface area contributed by atoms with E-state index in [-0.39, 0.29) is 12.3 Å². The maximum Gasteiger partial charge on any atom is 0.321 e. The van der Waals surface area contributed by atoms with Crippen molar-refractivity contribution in [2.24, 2.45) is 23.7 Å². The van der Waals surface area contributed by atoms with Crippen LogP contribution in [0.5, 0.6) is 0 Å². The molecule has 0 aromatic heterocycles. The first kappa shape index (κ1) is 14.9. The standard InChI is InChI=1S/C16H18O6/c1-2-3-4-8-5-9(10-7-12(17)21-14(10)18)6-11-13(8)16(20)22-15(11)19/h5,9-11,13H,2-4,6-7H2,1H3. The second-order valence-corrected chi connectivity index (χ2v) is 6.17. The Bertz CT molecular complexity index is 575. The summed E-state index contributed by atoms with van der Waals surface area (Å²) in [4.78, 5) is 46.9. The Balaban J connectivity index is 1.89. The zero-order valence-electron chi connectivity index (χ0n) is 12.4. The summed E-state index contributed by atoms with van der Waals surface area (Å²) in [5, 5.41) is 0. The molecule has 4 unspecified atom stereocenters. The highest BCUT2D eigenvalue weighted by molar-refractivity contribution is 5.99. The maximum absolute atomic E-state index is 11.9. The van der Waals surface area contributed by atoms with Gasteiger partial charge in [0, 0.05) is 0 Å². The van der Waals surface area contributed by atoms with Gasteiger partial charge in [0.05, 0.1) is 24.2 Å². The van der Waals surface area contributed by atoms with E-state index < -0.39 is 41.6 Å². The van der Waals surface area contributed by atoms with Crippen molar-refractivity contribution in [3.05, 3.63) is 11.6 Å². The summed E-state index contributed by atoms with van der Waals surface area (Å²) >= 11 is 0. The van der Waals surface area contributed by atoms with Gasteiger partial charge in [-0.25, -0.2) is 0 Å². The molecule has 2 saturated heterocycles. The van der Waals surface area contributed by atoms with Crippen LogP contribution in [-0.2, 0) is 28.7 Å². The topological polar surface area (TPSA) is 86.7 Å². The number of fused-ring (bicyclic) bond motifs is 1. The Morgan fingerprint density at radius 3 is 2.41 bits per heavy atom. The smallest absolute Gasteiger partial charge is 0.321 e. The van der Waals surface area contributed by atoms with Crippen LogP contribution in [0.1, 0.15) is 39.0 Å². The van der Waals surface area contributed by atoms with Gasteiger partial charge in [0.2, 0.25) is 0 Å². The first-order valence-corrected chi connectivity index (χ1v) is 7.72. The summed E-state index contributed by atoms with van der Waals surface area (Å²) in [5.41, 5.74) is 0.867. The highest BCUT2D eigenvalue weighted by Gasteiger charge is 2.51. The van der Waals surface area contributed by atoms with E-state index in [4.69, 9.17) is 4.74 Å². The predicted molar refractivity (Wildman–Crippen MR) is 73.0 cm³/mol. The molecule has 118 valence electrons. The number of hydrogen-bond acceptors (Lipinski definition) is 6. The average molecular weight is 306 g/mol. The molecule has 0 bridgehead atoms. The number of carbonyl (C=O) groups is 4. The van der Waals surface area contributed by atoms with Gasteiger partial charge in [0.25, 0.3) is 0 Å². The van der Waals surface area contributed by atoms with E-state index in [0.717, 1.165) is 18.4 Å². The van der Waals surface area contributed by atoms with Crippen LogP contribution in [0.3, 0.4) is 0 Å². The number of unbranched alkanes of at least 4 members (excludes halogenated alkanes) is 1. The Hall–Kier alpha value is -1.98. The van der Waals surface area contributed by atoms with Gasteiger partial charge >= 0.3 is 23.9 Å². The zero-order valence-corrected chi connectivity index (χ0v) is 12.4. The molecule has 22 heavy (non-hydrogen) atoms. The Labute approximate surface area is 127 Å². The highest BCUT2D eigenvalue weighted by atomic mass is 16.6. The lowest BCUT2D eigenvalue weighted by atomic mass is 9.70. The fourth-order valence-electron chi connectivity index (χ4n) is 3.64. The zero-order chi connectivity index (χ0) is 15.9. The number of esters is 4. The van der Waals surface area contributed by atoms with Gasteiger partial charge in [-0.15, -0.1) is 0 Å². The van der Waals surface area contributed by atoms with Crippen molar-refractivity contribution in [3.63, 3.8) is 0 Å². The Morgan fingerprint density at radius 1 is 1.05 bits per heavy atom. The average Bonchev–Trinajstić information content (AvgIpc) is 2.96. The molecule has 4 atom stereocenters. The minimum Gasteiger partial charge on any atom is -0.393 e. The second-order valence-electron chi connectivity index (χ2n) is 6.17. The van der Waals surface area contributed by atoms with Gasteiger partial charge in [0.1, 0.15) is 0 Å². The van der Waals surface area contributed by atoms with E-state index in [2.05, 4.69) is 4.74 Å². The van der Waals surface area contributed by atoms with Crippen molar-refractivity contribution in [3.8, 4) is 0 Å². The highest BCUT2D eigenvalue weighted by Crippen LogP contribution is 2.45. The number of carbonyl (C=O) groups excluding carboxylic acids is 4. The van der Waals surface area contributed by atoms with Gasteiger partial charge in [-0.2, -0.15) is 0 Å². The summed E-state index contributed by atoms with van der Waals surface area (Å²) < 4.78 is 9.39. The number of hydrogen-bond donors (Lipinski definition) is 0. The van der Waals surface area contributed by atoms with E-state index in [1.54, 1.807) is 0 Å². The monoisotopic (exact) mass is 306 g/mol. The largest absolute Gasteiger partial charge is 0.393 e. The molecule has 0 radical (unpaired) electrons. The van der Waals surface area contributed by atoms with E-state index in [9.17, 15) is 19.2 Å². The molecule has 6 heteroatoms. The van der Waals surface area contributed by atoms with Crippen molar-refractivity contribution in [2.75, 3.05) is 0 Å². The van der Waals surface area contributed by atoms with Crippen molar-refractivity contribution in [1.82, 2.24) is 0 Å². The molecular weight excluding hydrogens is 288 g/mol. The molecule has 0 aromatic rings. The molecule has 2 aliphatic heterocycles. The summed E-state index contributed by atoms with van der Waals surface area (Å²) in [6, 6.07) is 0. The predicted octanol–water partition coefficient (Wildman–Crippen LogP) is 1.53. The third kappa shape index (κ3) is 2.46. The number of rotatable bonds is 4. The van der Waals surface area contributed by atoms with Crippen molar-refractivity contribution >= 4 is 23.9 Å². The minimum atomic E-state index is -0.548. The number of allylic oxidation sites excluding steroid dienone is 1. The van der Waals surface area contributed by atoms with E-state index in [0.29, 0.717) is 12.8 Å². The van der Waals surface area contributed by atoms with Crippen LogP contribution in [-0.4, -0.2) is 23.9 Å². The third-order valence-corrected chi connectivity index (χ3v) is 4.75. The van der Waals surface area contributed by atoms with Crippen molar-refractivity contribution < 1.29 is 28.7 Å². The molecule has 0 amide bonds. The molecule has 0 N–H and O–H groups in total. The van der Waals surface area contributed by atoms with Crippen molar-refractivity contribution in [1.29, 1.82) is 0 Å². The van der Waals surface area contributed by atoms with Gasteiger partial charge in [-0.05, 0) is 25.2 Å². The van der Waals surface area contributed by atoms with Crippen LogP contribution in [0.4, 0.5) is 0 Å². The van der Waals surface area contributed by atoms with Crippen molar-refractivity contribution in [2.45, 2.75) is 39.0 Å². The summed E-state index contributed by atoms with van der Waals surface area (Å²) in [6.07, 6.45) is 4.87. The second kappa shape index (κ2) is 5.66. The third-order valence-electron chi connectivity index (χ3n) is 4.75. The molecule has 0 spiro atoms. The number of cyclic esters (lactones) is 4. The molecule has 1 aliphatic carbocycles. The molecule has 3 aliphatic rings. The lowest BCUT2D eigenvalue weighted by Gasteiger charge is -2.29. The van der Waals surface area contributed by atoms with Crippen LogP contribution in [0, 0.1) is 23.7 Å². The quantitative estimate of drug-likeness (QED) is 0.445. The SMILES string of the molecule is CCCCC1=CC(C2CC(=O)OC2=O)CC2C(=O)OC(=O)C12. The fraction of sp³-hybridized carbons (Fsp3) is 0.625. The molecule has 6 nitrogen and oxygen atoms in total. The lowest BCUT2D eigenvalue weighted by Crippen LogP contribution is -2.31. The van der Waals surface area contributed by atoms with Gasteiger partial charge in [0.15, 0.2) is 0 Å². The van der Waals surface area contributed by atoms with Crippen LogP contribution < -0.4 is 0 Å². The van der Waals surface area contributed by atoms with Crippen LogP contribution in [0.2, 0.25) is 0 Å². The maximum atomic E-state index is 11.9. The normalized spacial score (nSPS) is 34.3. The molecule has 3 rings (SSSR count). The first-order valence-electron chi connectivity index (χ1n) is 7.72. The molecule has 0 saturated carbocycles. The summed E-state index contributed by atoms with van der Waals surface area (Å²) in [5.74, 6) is -3.89. The molecule has 2 fully saturated rings. The van der Waals surface area contributed by atoms with E-state index >= 15 is 0 Å². The van der Waals surface area contributed by atoms with E-state index in [1.165, 1.54) is 0 Å². The van der Waals surface area contributed by atoms with Crippen LogP contribution in [0.15, 0.2) is 11.6 Å². The van der Waals surface area contributed by atoms with Crippen LogP contribution >= 0.6 is 0 Å².